The number of aryl methyl sites for hydroxylation is 1. The minimum Gasteiger partial charge on any atom is -0.489 e. The van der Waals surface area contributed by atoms with Gasteiger partial charge in [0.15, 0.2) is 11.6 Å². The van der Waals surface area contributed by atoms with E-state index in [0.29, 0.717) is 25.1 Å². The first-order valence-electron chi connectivity index (χ1n) is 7.52. The lowest BCUT2D eigenvalue weighted by Gasteiger charge is -2.18. The molecule has 2 aromatic carbocycles. The van der Waals surface area contributed by atoms with Gasteiger partial charge in [-0.1, -0.05) is 30.3 Å². The van der Waals surface area contributed by atoms with Crippen molar-refractivity contribution in [2.75, 3.05) is 25.9 Å². The lowest BCUT2D eigenvalue weighted by molar-refractivity contribution is -0.130. The molecule has 0 aliphatic rings. The van der Waals surface area contributed by atoms with Gasteiger partial charge in [-0.05, 0) is 30.2 Å². The molecular weight excluding hydrogens is 295 g/mol. The molecule has 1 amide bonds. The number of nitrogen functional groups attached to an aromatic ring is 1. The van der Waals surface area contributed by atoms with E-state index < -0.39 is 5.82 Å². The molecule has 2 aromatic rings. The van der Waals surface area contributed by atoms with Gasteiger partial charge in [0.2, 0.25) is 5.91 Å². The van der Waals surface area contributed by atoms with Crippen LogP contribution in [0.1, 0.15) is 12.0 Å². The fourth-order valence-corrected chi connectivity index (χ4v) is 2.17. The number of amides is 1. The van der Waals surface area contributed by atoms with Gasteiger partial charge in [-0.2, -0.15) is 0 Å². The molecule has 2 rings (SSSR count). The third kappa shape index (κ3) is 4.98. The van der Waals surface area contributed by atoms with Gasteiger partial charge in [-0.25, -0.2) is 4.39 Å². The van der Waals surface area contributed by atoms with E-state index in [1.807, 2.05) is 24.3 Å². The average Bonchev–Trinajstić information content (AvgIpc) is 2.55. The quantitative estimate of drug-likeness (QED) is 0.799. The molecule has 0 bridgehead atoms. The van der Waals surface area contributed by atoms with Crippen LogP contribution in [-0.4, -0.2) is 31.0 Å². The standard InChI is InChI=1S/C18H21FN2O2/c1-21(12-13-23-17-9-5-3-7-15(17)19)18(22)11-10-14-6-2-4-8-16(14)20/h2-9H,10-13,20H2,1H3. The van der Waals surface area contributed by atoms with Crippen LogP contribution >= 0.6 is 0 Å². The Morgan fingerprint density at radius 2 is 1.87 bits per heavy atom. The van der Waals surface area contributed by atoms with E-state index in [0.717, 1.165) is 5.56 Å². The maximum atomic E-state index is 13.4. The summed E-state index contributed by atoms with van der Waals surface area (Å²) < 4.78 is 18.8. The van der Waals surface area contributed by atoms with Crippen LogP contribution in [0.4, 0.5) is 10.1 Å². The number of hydrogen-bond acceptors (Lipinski definition) is 3. The number of para-hydroxylation sites is 2. The molecule has 0 radical (unpaired) electrons. The normalized spacial score (nSPS) is 10.3. The molecule has 2 N–H and O–H groups in total. The van der Waals surface area contributed by atoms with Crippen LogP contribution in [0.15, 0.2) is 48.5 Å². The second kappa shape index (κ2) is 8.17. The molecule has 0 heterocycles. The molecule has 0 aliphatic carbocycles. The summed E-state index contributed by atoms with van der Waals surface area (Å²) in [5, 5.41) is 0. The van der Waals surface area contributed by atoms with Crippen molar-refractivity contribution in [1.82, 2.24) is 4.90 Å². The fourth-order valence-electron chi connectivity index (χ4n) is 2.17. The first-order valence-corrected chi connectivity index (χ1v) is 7.52. The number of benzene rings is 2. The molecular formula is C18H21FN2O2. The largest absolute Gasteiger partial charge is 0.489 e. The molecule has 0 spiro atoms. The van der Waals surface area contributed by atoms with Crippen molar-refractivity contribution in [2.45, 2.75) is 12.8 Å². The van der Waals surface area contributed by atoms with Crippen LogP contribution in [-0.2, 0) is 11.2 Å². The first kappa shape index (κ1) is 16.8. The van der Waals surface area contributed by atoms with Gasteiger partial charge >= 0.3 is 0 Å². The number of hydrogen-bond donors (Lipinski definition) is 1. The minimum atomic E-state index is -0.402. The Bertz CT molecular complexity index is 661. The summed E-state index contributed by atoms with van der Waals surface area (Å²) >= 11 is 0. The molecule has 5 heteroatoms. The topological polar surface area (TPSA) is 55.6 Å². The number of anilines is 1. The molecule has 23 heavy (non-hydrogen) atoms. The van der Waals surface area contributed by atoms with Crippen molar-refractivity contribution >= 4 is 11.6 Å². The smallest absolute Gasteiger partial charge is 0.222 e. The Balaban J connectivity index is 1.75. The molecule has 0 fully saturated rings. The third-order valence-electron chi connectivity index (χ3n) is 3.61. The van der Waals surface area contributed by atoms with E-state index in [1.165, 1.54) is 6.07 Å². The summed E-state index contributed by atoms with van der Waals surface area (Å²) in [4.78, 5) is 13.7. The summed E-state index contributed by atoms with van der Waals surface area (Å²) in [6, 6.07) is 13.7. The number of halogens is 1. The number of ether oxygens (including phenoxy) is 1. The summed E-state index contributed by atoms with van der Waals surface area (Å²) in [7, 11) is 1.71. The Hall–Kier alpha value is -2.56. The maximum absolute atomic E-state index is 13.4. The molecule has 0 aliphatic heterocycles. The SMILES string of the molecule is CN(CCOc1ccccc1F)C(=O)CCc1ccccc1N. The highest BCUT2D eigenvalue weighted by Gasteiger charge is 2.10. The summed E-state index contributed by atoms with van der Waals surface area (Å²) in [5.74, 6) is -0.197. The van der Waals surface area contributed by atoms with E-state index >= 15 is 0 Å². The van der Waals surface area contributed by atoms with Gasteiger partial charge in [0.1, 0.15) is 6.61 Å². The highest BCUT2D eigenvalue weighted by Crippen LogP contribution is 2.15. The van der Waals surface area contributed by atoms with Crippen LogP contribution in [0.25, 0.3) is 0 Å². The molecule has 4 nitrogen and oxygen atoms in total. The Labute approximate surface area is 135 Å². The molecule has 0 atom stereocenters. The monoisotopic (exact) mass is 316 g/mol. The van der Waals surface area contributed by atoms with Crippen LogP contribution < -0.4 is 10.5 Å². The van der Waals surface area contributed by atoms with Crippen LogP contribution in [0.5, 0.6) is 5.75 Å². The Kier molecular flexibility index (Phi) is 5.97. The van der Waals surface area contributed by atoms with E-state index in [2.05, 4.69) is 0 Å². The average molecular weight is 316 g/mol. The van der Waals surface area contributed by atoms with Crippen molar-refractivity contribution in [2.24, 2.45) is 0 Å². The second-order valence-corrected chi connectivity index (χ2v) is 5.29. The second-order valence-electron chi connectivity index (χ2n) is 5.29. The number of nitrogens with zero attached hydrogens (tertiary/aromatic N) is 1. The number of nitrogens with two attached hydrogens (primary N) is 1. The van der Waals surface area contributed by atoms with Gasteiger partial charge in [0.05, 0.1) is 6.54 Å². The Morgan fingerprint density at radius 1 is 1.17 bits per heavy atom. The van der Waals surface area contributed by atoms with Crippen molar-refractivity contribution in [3.05, 3.63) is 59.9 Å². The van der Waals surface area contributed by atoms with Gasteiger partial charge in [0.25, 0.3) is 0 Å². The molecule has 0 aromatic heterocycles. The highest BCUT2D eigenvalue weighted by molar-refractivity contribution is 5.76. The fraction of sp³-hybridized carbons (Fsp3) is 0.278. The maximum Gasteiger partial charge on any atom is 0.222 e. The molecule has 0 saturated heterocycles. The van der Waals surface area contributed by atoms with E-state index in [1.54, 1.807) is 30.1 Å². The highest BCUT2D eigenvalue weighted by atomic mass is 19.1. The summed E-state index contributed by atoms with van der Waals surface area (Å²) in [5.41, 5.74) is 7.53. The van der Waals surface area contributed by atoms with Crippen LogP contribution in [0.3, 0.4) is 0 Å². The number of rotatable bonds is 7. The number of carbonyl (C=O) groups is 1. The van der Waals surface area contributed by atoms with Gasteiger partial charge in [0, 0.05) is 19.2 Å². The summed E-state index contributed by atoms with van der Waals surface area (Å²) in [6.07, 6.45) is 0.981. The van der Waals surface area contributed by atoms with E-state index in [4.69, 9.17) is 10.5 Å². The van der Waals surface area contributed by atoms with Crippen molar-refractivity contribution in [3.8, 4) is 5.75 Å². The number of carbonyl (C=O) groups excluding carboxylic acids is 1. The van der Waals surface area contributed by atoms with Crippen molar-refractivity contribution in [3.63, 3.8) is 0 Å². The first-order chi connectivity index (χ1) is 11.1. The zero-order valence-corrected chi connectivity index (χ0v) is 13.2. The van der Waals surface area contributed by atoms with Gasteiger partial charge < -0.3 is 15.4 Å². The lowest BCUT2D eigenvalue weighted by Crippen LogP contribution is -2.31. The van der Waals surface area contributed by atoms with Crippen molar-refractivity contribution in [1.29, 1.82) is 0 Å². The number of likely N-dealkylation sites (N-methyl/N-ethyl adjacent to an activating group) is 1. The predicted molar refractivity (Wildman–Crippen MR) is 88.7 cm³/mol. The predicted octanol–water partition coefficient (Wildman–Crippen LogP) is 2.88. The molecule has 122 valence electrons. The molecule has 0 unspecified atom stereocenters. The van der Waals surface area contributed by atoms with Crippen LogP contribution in [0, 0.1) is 5.82 Å². The van der Waals surface area contributed by atoms with Gasteiger partial charge in [-0.15, -0.1) is 0 Å². The van der Waals surface area contributed by atoms with E-state index in [9.17, 15) is 9.18 Å². The Morgan fingerprint density at radius 3 is 2.61 bits per heavy atom. The minimum absolute atomic E-state index is 0.00499. The van der Waals surface area contributed by atoms with Crippen LogP contribution in [0.2, 0.25) is 0 Å². The lowest BCUT2D eigenvalue weighted by atomic mass is 10.1. The zero-order chi connectivity index (χ0) is 16.7. The van der Waals surface area contributed by atoms with E-state index in [-0.39, 0.29) is 18.3 Å². The van der Waals surface area contributed by atoms with Gasteiger partial charge in [-0.3, -0.25) is 4.79 Å². The third-order valence-corrected chi connectivity index (χ3v) is 3.61. The zero-order valence-electron chi connectivity index (χ0n) is 13.2. The summed E-state index contributed by atoms with van der Waals surface area (Å²) in [6.45, 7) is 0.647. The van der Waals surface area contributed by atoms with Crippen molar-refractivity contribution < 1.29 is 13.9 Å². The molecule has 0 saturated carbocycles.